The molecule has 0 radical (unpaired) electrons. The Balaban J connectivity index is 1.77. The monoisotopic (exact) mass is 550 g/mol. The Kier molecular flexibility index (Phi) is 19.9. The number of carbonyl (C=O) groups is 1. The summed E-state index contributed by atoms with van der Waals surface area (Å²) in [5.41, 5.74) is 2.56. The van der Waals surface area contributed by atoms with Gasteiger partial charge >= 0.3 is 5.97 Å². The first-order valence-electron chi connectivity index (χ1n) is 16.8. The number of para-hydroxylation sites is 1. The van der Waals surface area contributed by atoms with Crippen molar-refractivity contribution in [2.75, 3.05) is 13.2 Å². The molecule has 0 spiro atoms. The Labute approximate surface area is 246 Å². The highest BCUT2D eigenvalue weighted by Crippen LogP contribution is 2.34. The van der Waals surface area contributed by atoms with Crippen LogP contribution < -0.4 is 4.74 Å². The normalized spacial score (nSPS) is 11.1. The molecule has 0 aromatic heterocycles. The largest absolute Gasteiger partial charge is 0.492 e. The van der Waals surface area contributed by atoms with Gasteiger partial charge in [0.25, 0.3) is 0 Å². The van der Waals surface area contributed by atoms with Gasteiger partial charge in [0.05, 0.1) is 13.2 Å². The molecule has 0 heterocycles. The van der Waals surface area contributed by atoms with E-state index in [1.54, 1.807) is 0 Å². The molecule has 0 amide bonds. The van der Waals surface area contributed by atoms with Crippen LogP contribution in [0.2, 0.25) is 0 Å². The van der Waals surface area contributed by atoms with E-state index < -0.39 is 0 Å². The Hall–Kier alpha value is -2.29. The van der Waals surface area contributed by atoms with E-state index in [1.165, 1.54) is 109 Å². The second-order valence-electron chi connectivity index (χ2n) is 11.4. The number of hydrogen-bond acceptors (Lipinski definition) is 3. The lowest BCUT2D eigenvalue weighted by Crippen LogP contribution is -2.10. The maximum Gasteiger partial charge on any atom is 0.341 e. The lowest BCUT2D eigenvalue weighted by atomic mass is 10.0. The van der Waals surface area contributed by atoms with Gasteiger partial charge in [0, 0.05) is 5.56 Å². The standard InChI is InChI=1S/C37H58O3/c1-3-5-7-9-11-13-15-17-19-24-31-39-36-34(33-27-22-21-23-28-33)29-26-30-35(36)37(38)40-32-25-20-18-16-14-12-10-8-6-4-2/h21-23,26-30H,3-20,24-25,31-32H2,1-2H3. The Morgan fingerprint density at radius 1 is 0.525 bits per heavy atom. The van der Waals surface area contributed by atoms with Crippen LogP contribution >= 0.6 is 0 Å². The molecule has 0 fully saturated rings. The number of carbonyl (C=O) groups excluding carboxylic acids is 1. The molecule has 40 heavy (non-hydrogen) atoms. The van der Waals surface area contributed by atoms with Crippen molar-refractivity contribution in [3.63, 3.8) is 0 Å². The third-order valence-electron chi connectivity index (χ3n) is 7.80. The summed E-state index contributed by atoms with van der Waals surface area (Å²) in [6.07, 6.45) is 25.6. The molecule has 2 aromatic rings. The van der Waals surface area contributed by atoms with E-state index in [2.05, 4.69) is 26.0 Å². The SMILES string of the molecule is CCCCCCCCCCCCOC(=O)c1cccc(-c2ccccc2)c1OCCCCCCCCCCCC. The summed E-state index contributed by atoms with van der Waals surface area (Å²) in [7, 11) is 0. The number of ether oxygens (including phenoxy) is 2. The summed E-state index contributed by atoms with van der Waals surface area (Å²) >= 11 is 0. The fourth-order valence-corrected chi connectivity index (χ4v) is 5.29. The molecule has 2 rings (SSSR count). The van der Waals surface area contributed by atoms with E-state index in [-0.39, 0.29) is 5.97 Å². The van der Waals surface area contributed by atoms with Gasteiger partial charge in [-0.25, -0.2) is 4.79 Å². The fourth-order valence-electron chi connectivity index (χ4n) is 5.29. The highest BCUT2D eigenvalue weighted by molar-refractivity contribution is 5.95. The average molecular weight is 551 g/mol. The molecular weight excluding hydrogens is 492 g/mol. The smallest absolute Gasteiger partial charge is 0.341 e. The molecule has 0 bridgehead atoms. The minimum absolute atomic E-state index is 0.272. The van der Waals surface area contributed by atoms with Crippen molar-refractivity contribution in [3.8, 4) is 16.9 Å². The highest BCUT2D eigenvalue weighted by Gasteiger charge is 2.18. The van der Waals surface area contributed by atoms with Crippen LogP contribution in [0, 0.1) is 0 Å². The van der Waals surface area contributed by atoms with Gasteiger partial charge < -0.3 is 9.47 Å². The minimum atomic E-state index is -0.272. The van der Waals surface area contributed by atoms with Crippen LogP contribution in [0.4, 0.5) is 0 Å². The molecule has 0 aliphatic carbocycles. The topological polar surface area (TPSA) is 35.5 Å². The molecule has 2 aromatic carbocycles. The van der Waals surface area contributed by atoms with E-state index >= 15 is 0 Å². The van der Waals surface area contributed by atoms with Crippen molar-refractivity contribution in [2.45, 2.75) is 142 Å². The molecule has 0 saturated carbocycles. The van der Waals surface area contributed by atoms with Crippen LogP contribution in [0.1, 0.15) is 153 Å². The number of unbranched alkanes of at least 4 members (excludes halogenated alkanes) is 18. The molecule has 0 aliphatic heterocycles. The highest BCUT2D eigenvalue weighted by atomic mass is 16.5. The van der Waals surface area contributed by atoms with Gasteiger partial charge in [0.15, 0.2) is 0 Å². The van der Waals surface area contributed by atoms with Crippen LogP contribution in [0.15, 0.2) is 48.5 Å². The van der Waals surface area contributed by atoms with Crippen LogP contribution in [0.25, 0.3) is 11.1 Å². The molecule has 0 atom stereocenters. The summed E-state index contributed by atoms with van der Waals surface area (Å²) < 4.78 is 12.0. The van der Waals surface area contributed by atoms with Crippen molar-refractivity contribution in [1.29, 1.82) is 0 Å². The number of hydrogen-bond donors (Lipinski definition) is 0. The summed E-state index contributed by atoms with van der Waals surface area (Å²) in [5.74, 6) is 0.393. The van der Waals surface area contributed by atoms with Gasteiger partial charge in [-0.3, -0.25) is 0 Å². The molecule has 0 aliphatic rings. The second kappa shape index (κ2) is 23.4. The molecular formula is C37H58O3. The van der Waals surface area contributed by atoms with Gasteiger partial charge in [0.2, 0.25) is 0 Å². The first-order valence-corrected chi connectivity index (χ1v) is 16.8. The zero-order chi connectivity index (χ0) is 28.5. The second-order valence-corrected chi connectivity index (χ2v) is 11.4. The van der Waals surface area contributed by atoms with Crippen molar-refractivity contribution in [1.82, 2.24) is 0 Å². The minimum Gasteiger partial charge on any atom is -0.492 e. The van der Waals surface area contributed by atoms with E-state index in [0.717, 1.165) is 30.4 Å². The van der Waals surface area contributed by atoms with Crippen molar-refractivity contribution < 1.29 is 14.3 Å². The van der Waals surface area contributed by atoms with Gasteiger partial charge in [0.1, 0.15) is 11.3 Å². The zero-order valence-electron chi connectivity index (χ0n) is 25.9. The predicted molar refractivity (Wildman–Crippen MR) is 171 cm³/mol. The van der Waals surface area contributed by atoms with E-state index in [4.69, 9.17) is 9.47 Å². The zero-order valence-corrected chi connectivity index (χ0v) is 25.9. The lowest BCUT2D eigenvalue weighted by Gasteiger charge is -2.16. The molecule has 0 unspecified atom stereocenters. The summed E-state index contributed by atoms with van der Waals surface area (Å²) in [6, 6.07) is 16.0. The Morgan fingerprint density at radius 3 is 1.52 bits per heavy atom. The van der Waals surface area contributed by atoms with Gasteiger partial charge in [-0.1, -0.05) is 172 Å². The third-order valence-corrected chi connectivity index (χ3v) is 7.80. The van der Waals surface area contributed by atoms with Crippen molar-refractivity contribution >= 4 is 5.97 Å². The van der Waals surface area contributed by atoms with Crippen LogP contribution in [0.3, 0.4) is 0 Å². The third kappa shape index (κ3) is 14.9. The molecule has 3 heteroatoms. The first kappa shape index (κ1) is 33.9. The Bertz CT molecular complexity index is 876. The maximum absolute atomic E-state index is 13.1. The molecule has 224 valence electrons. The number of rotatable bonds is 25. The summed E-state index contributed by atoms with van der Waals surface area (Å²) in [6.45, 7) is 5.63. The number of benzene rings is 2. The van der Waals surface area contributed by atoms with Crippen molar-refractivity contribution in [2.24, 2.45) is 0 Å². The van der Waals surface area contributed by atoms with E-state index in [0.29, 0.717) is 24.5 Å². The quantitative estimate of drug-likeness (QED) is 0.0911. The van der Waals surface area contributed by atoms with Gasteiger partial charge in [-0.15, -0.1) is 0 Å². The predicted octanol–water partition coefficient (Wildman–Crippen LogP) is 11.7. The molecule has 0 N–H and O–H groups in total. The molecule has 0 saturated heterocycles. The maximum atomic E-state index is 13.1. The van der Waals surface area contributed by atoms with E-state index in [9.17, 15) is 4.79 Å². The lowest BCUT2D eigenvalue weighted by molar-refractivity contribution is 0.0493. The first-order chi connectivity index (χ1) is 19.8. The van der Waals surface area contributed by atoms with Gasteiger partial charge in [-0.05, 0) is 24.5 Å². The number of esters is 1. The van der Waals surface area contributed by atoms with Crippen LogP contribution in [0.5, 0.6) is 5.75 Å². The van der Waals surface area contributed by atoms with Crippen LogP contribution in [-0.4, -0.2) is 19.2 Å². The Morgan fingerprint density at radius 2 is 1.00 bits per heavy atom. The van der Waals surface area contributed by atoms with Crippen molar-refractivity contribution in [3.05, 3.63) is 54.1 Å². The van der Waals surface area contributed by atoms with E-state index in [1.807, 2.05) is 36.4 Å². The average Bonchev–Trinajstić information content (AvgIpc) is 2.99. The van der Waals surface area contributed by atoms with Gasteiger partial charge in [-0.2, -0.15) is 0 Å². The fraction of sp³-hybridized carbons (Fsp3) is 0.649. The summed E-state index contributed by atoms with van der Waals surface area (Å²) in [4.78, 5) is 13.1. The van der Waals surface area contributed by atoms with Crippen LogP contribution in [-0.2, 0) is 4.74 Å². The molecule has 3 nitrogen and oxygen atoms in total. The summed E-state index contributed by atoms with van der Waals surface area (Å²) in [5, 5.41) is 0.